The van der Waals surface area contributed by atoms with Crippen molar-refractivity contribution in [3.8, 4) is 0 Å². The summed E-state index contributed by atoms with van der Waals surface area (Å²) in [5, 5.41) is 6.89. The summed E-state index contributed by atoms with van der Waals surface area (Å²) in [6, 6.07) is 5.11. The molecule has 1 aliphatic heterocycles. The van der Waals surface area contributed by atoms with Gasteiger partial charge in [-0.25, -0.2) is 0 Å². The van der Waals surface area contributed by atoms with Gasteiger partial charge in [0.05, 0.1) is 5.69 Å². The Labute approximate surface area is 85.6 Å². The van der Waals surface area contributed by atoms with E-state index in [1.54, 1.807) is 24.4 Å². The highest BCUT2D eigenvalue weighted by molar-refractivity contribution is 6.27. The van der Waals surface area contributed by atoms with Crippen LogP contribution in [-0.2, 0) is 9.59 Å². The molecule has 1 aromatic rings. The summed E-state index contributed by atoms with van der Waals surface area (Å²) in [5.41, 5.74) is 0.694. The van der Waals surface area contributed by atoms with E-state index in [1.165, 1.54) is 6.92 Å². The summed E-state index contributed by atoms with van der Waals surface area (Å²) in [6.45, 7) is 1.34. The van der Waals surface area contributed by atoms with E-state index >= 15 is 0 Å². The molecule has 1 amide bonds. The minimum atomic E-state index is -0.515. The maximum atomic E-state index is 11.4. The highest BCUT2D eigenvalue weighted by Crippen LogP contribution is 2.25. The van der Waals surface area contributed by atoms with E-state index in [2.05, 4.69) is 15.2 Å². The molecule has 5 heteroatoms. The van der Waals surface area contributed by atoms with Crippen LogP contribution in [0.4, 0.5) is 0 Å². The lowest BCUT2D eigenvalue weighted by molar-refractivity contribution is -0.114. The third kappa shape index (κ3) is 1.59. The van der Waals surface area contributed by atoms with Crippen LogP contribution in [0, 0.1) is 0 Å². The van der Waals surface area contributed by atoms with Crippen LogP contribution in [0.2, 0.25) is 0 Å². The maximum Gasteiger partial charge on any atom is 0.300 e. The van der Waals surface area contributed by atoms with E-state index in [4.69, 9.17) is 0 Å². The predicted octanol–water partition coefficient (Wildman–Crippen LogP) is 1.37. The average Bonchev–Trinajstić information content (AvgIpc) is 2.61. The summed E-state index contributed by atoms with van der Waals surface area (Å²) in [5.74, 6) is -0.802. The van der Waals surface area contributed by atoms with Gasteiger partial charge in [-0.05, 0) is 12.1 Å². The number of ketones is 1. The van der Waals surface area contributed by atoms with Crippen molar-refractivity contribution in [3.05, 3.63) is 35.8 Å². The molecule has 0 aliphatic carbocycles. The van der Waals surface area contributed by atoms with Crippen molar-refractivity contribution in [2.45, 2.75) is 6.92 Å². The van der Waals surface area contributed by atoms with Crippen molar-refractivity contribution in [2.75, 3.05) is 0 Å². The van der Waals surface area contributed by atoms with E-state index in [-0.39, 0.29) is 17.1 Å². The molecule has 1 aromatic heterocycles. The average molecular weight is 201 g/mol. The number of azo groups is 1. The molecule has 2 rings (SSSR count). The van der Waals surface area contributed by atoms with E-state index < -0.39 is 5.91 Å². The SMILES string of the molecule is CC(=O)C1=C(c2ccccn2)C(=O)N=N1. The standard InChI is InChI=1S/C10H7N3O2/c1-6(14)9-8(10(15)13-12-9)7-4-2-3-5-11-7/h2-5H,1H3. The lowest BCUT2D eigenvalue weighted by Gasteiger charge is -1.98. The second-order valence-electron chi connectivity index (χ2n) is 3.00. The Morgan fingerprint density at radius 3 is 2.67 bits per heavy atom. The number of hydrogen-bond donors (Lipinski definition) is 0. The molecule has 0 N–H and O–H groups in total. The van der Waals surface area contributed by atoms with Gasteiger partial charge in [-0.2, -0.15) is 0 Å². The van der Waals surface area contributed by atoms with Gasteiger partial charge in [-0.3, -0.25) is 14.6 Å². The monoisotopic (exact) mass is 201 g/mol. The summed E-state index contributed by atoms with van der Waals surface area (Å²) in [4.78, 5) is 26.6. The number of nitrogens with zero attached hydrogens (tertiary/aromatic N) is 3. The Hall–Kier alpha value is -2.17. The fraction of sp³-hybridized carbons (Fsp3) is 0.100. The summed E-state index contributed by atoms with van der Waals surface area (Å²) >= 11 is 0. The Morgan fingerprint density at radius 1 is 1.27 bits per heavy atom. The van der Waals surface area contributed by atoms with Crippen LogP contribution in [0.15, 0.2) is 40.3 Å². The fourth-order valence-corrected chi connectivity index (χ4v) is 1.28. The number of aromatic nitrogens is 1. The molecule has 0 saturated carbocycles. The smallest absolute Gasteiger partial charge is 0.293 e. The molecule has 5 nitrogen and oxygen atoms in total. The minimum absolute atomic E-state index is 0.0821. The molecular formula is C10H7N3O2. The molecule has 0 radical (unpaired) electrons. The molecule has 74 valence electrons. The van der Waals surface area contributed by atoms with Crippen molar-refractivity contribution in [1.29, 1.82) is 0 Å². The molecule has 0 fully saturated rings. The van der Waals surface area contributed by atoms with Gasteiger partial charge in [-0.1, -0.05) is 6.07 Å². The number of allylic oxidation sites excluding steroid dienone is 1. The zero-order valence-corrected chi connectivity index (χ0v) is 7.97. The van der Waals surface area contributed by atoms with Crippen LogP contribution in [0.3, 0.4) is 0 Å². The molecule has 0 bridgehead atoms. The number of hydrogen-bond acceptors (Lipinski definition) is 4. The largest absolute Gasteiger partial charge is 0.300 e. The van der Waals surface area contributed by atoms with Gasteiger partial charge in [0.2, 0.25) is 0 Å². The van der Waals surface area contributed by atoms with Crippen molar-refractivity contribution in [1.82, 2.24) is 4.98 Å². The molecule has 15 heavy (non-hydrogen) atoms. The lowest BCUT2D eigenvalue weighted by atomic mass is 10.1. The lowest BCUT2D eigenvalue weighted by Crippen LogP contribution is -2.02. The normalized spacial score (nSPS) is 14.9. The molecule has 0 unspecified atom stereocenters. The zero-order valence-electron chi connectivity index (χ0n) is 7.97. The van der Waals surface area contributed by atoms with Gasteiger partial charge in [0.15, 0.2) is 5.78 Å². The van der Waals surface area contributed by atoms with Crippen LogP contribution in [-0.4, -0.2) is 16.7 Å². The number of carbonyl (C=O) groups is 2. The van der Waals surface area contributed by atoms with E-state index in [1.807, 2.05) is 0 Å². The molecular weight excluding hydrogens is 194 g/mol. The van der Waals surface area contributed by atoms with Gasteiger partial charge >= 0.3 is 0 Å². The molecule has 0 atom stereocenters. The summed E-state index contributed by atoms with van der Waals surface area (Å²) < 4.78 is 0. The summed E-state index contributed by atoms with van der Waals surface area (Å²) in [6.07, 6.45) is 1.55. The molecule has 0 saturated heterocycles. The van der Waals surface area contributed by atoms with E-state index in [0.29, 0.717) is 5.69 Å². The molecule has 2 heterocycles. The quantitative estimate of drug-likeness (QED) is 0.725. The van der Waals surface area contributed by atoms with Crippen molar-refractivity contribution >= 4 is 17.3 Å². The Bertz CT molecular complexity index is 489. The number of carbonyl (C=O) groups excluding carboxylic acids is 2. The molecule has 0 aromatic carbocycles. The first-order chi connectivity index (χ1) is 7.20. The summed E-state index contributed by atoms with van der Waals surface area (Å²) in [7, 11) is 0. The van der Waals surface area contributed by atoms with E-state index in [0.717, 1.165) is 0 Å². The Balaban J connectivity index is 2.57. The van der Waals surface area contributed by atoms with Crippen LogP contribution in [0.25, 0.3) is 5.57 Å². The van der Waals surface area contributed by atoms with Crippen molar-refractivity contribution in [3.63, 3.8) is 0 Å². The third-order valence-corrected chi connectivity index (χ3v) is 1.95. The van der Waals surface area contributed by atoms with Crippen LogP contribution in [0.5, 0.6) is 0 Å². The Morgan fingerprint density at radius 2 is 2.07 bits per heavy atom. The number of Topliss-reactive ketones (excluding diaryl/α,β-unsaturated/α-hetero) is 1. The molecule has 0 spiro atoms. The Kier molecular flexibility index (Phi) is 2.21. The maximum absolute atomic E-state index is 11.4. The highest BCUT2D eigenvalue weighted by Gasteiger charge is 2.26. The second kappa shape index (κ2) is 3.53. The topological polar surface area (TPSA) is 71.8 Å². The fourth-order valence-electron chi connectivity index (χ4n) is 1.28. The zero-order chi connectivity index (χ0) is 10.8. The first kappa shape index (κ1) is 9.39. The molecule has 1 aliphatic rings. The third-order valence-electron chi connectivity index (χ3n) is 1.95. The van der Waals surface area contributed by atoms with Gasteiger partial charge in [0.25, 0.3) is 5.91 Å². The van der Waals surface area contributed by atoms with Gasteiger partial charge < -0.3 is 0 Å². The minimum Gasteiger partial charge on any atom is -0.293 e. The van der Waals surface area contributed by atoms with E-state index in [9.17, 15) is 9.59 Å². The predicted molar refractivity (Wildman–Crippen MR) is 51.7 cm³/mol. The first-order valence-corrected chi connectivity index (χ1v) is 4.33. The van der Waals surface area contributed by atoms with Crippen molar-refractivity contribution < 1.29 is 9.59 Å². The van der Waals surface area contributed by atoms with Gasteiger partial charge in [0, 0.05) is 13.1 Å². The highest BCUT2D eigenvalue weighted by atomic mass is 16.2. The first-order valence-electron chi connectivity index (χ1n) is 4.33. The van der Waals surface area contributed by atoms with Crippen molar-refractivity contribution in [2.24, 2.45) is 10.2 Å². The number of amides is 1. The number of pyridine rings is 1. The number of rotatable bonds is 2. The van der Waals surface area contributed by atoms with Crippen LogP contribution >= 0.6 is 0 Å². The van der Waals surface area contributed by atoms with Gasteiger partial charge in [-0.15, -0.1) is 10.2 Å². The van der Waals surface area contributed by atoms with Crippen LogP contribution in [0.1, 0.15) is 12.6 Å². The van der Waals surface area contributed by atoms with Crippen LogP contribution < -0.4 is 0 Å². The van der Waals surface area contributed by atoms with Gasteiger partial charge in [0.1, 0.15) is 11.3 Å². The second-order valence-corrected chi connectivity index (χ2v) is 3.00.